The van der Waals surface area contributed by atoms with Crippen molar-refractivity contribution in [1.82, 2.24) is 9.97 Å². The number of nitrogens with zero attached hydrogens (tertiary/aromatic N) is 2. The molecule has 2 rings (SSSR count). The second-order valence-corrected chi connectivity index (χ2v) is 4.89. The first-order valence-electron chi connectivity index (χ1n) is 7.99. The van der Waals surface area contributed by atoms with E-state index in [2.05, 4.69) is 9.97 Å². The number of carbonyl (C=O) groups is 1. The van der Waals surface area contributed by atoms with Gasteiger partial charge in [0, 0.05) is 22.1 Å². The van der Waals surface area contributed by atoms with E-state index >= 15 is 0 Å². The van der Waals surface area contributed by atoms with E-state index in [0.29, 0.717) is 6.07 Å². The summed E-state index contributed by atoms with van der Waals surface area (Å²) in [5.74, 6) is -1.08. The molecule has 0 bridgehead atoms. The van der Waals surface area contributed by atoms with Gasteiger partial charge in [0.05, 0.1) is 6.61 Å². The van der Waals surface area contributed by atoms with E-state index in [9.17, 15) is 23.1 Å². The number of hydrogen-bond acceptors (Lipinski definition) is 5. The van der Waals surface area contributed by atoms with E-state index in [1.807, 2.05) is 0 Å². The number of nitrogens with two attached hydrogens (primary N) is 1. The molecule has 2 aromatic rings. The number of hydrogen-bond donors (Lipinski definition) is 3. The molecule has 0 radical (unpaired) electrons. The van der Waals surface area contributed by atoms with Crippen LogP contribution in [0, 0.1) is 6.85 Å². The van der Waals surface area contributed by atoms with Crippen LogP contribution in [0.4, 0.5) is 13.2 Å². The quantitative estimate of drug-likeness (QED) is 0.774. The molecule has 128 valence electrons. The van der Waals surface area contributed by atoms with Crippen LogP contribution in [0.1, 0.15) is 25.7 Å². The number of aromatic nitrogens is 2. The standard InChI is InChI=1S/C15H14F3N3O3/c1-8-2-3-9(14(24,7-22)15(16,17)18)6-10(8)11-12(13(19)23)21-5-4-20-11/h2-6,22,24H,7H2,1H3,(H2,19,23)/t14-/m1/s1/i1D3. The Morgan fingerprint density at radius 2 is 2.00 bits per heavy atom. The fourth-order valence-corrected chi connectivity index (χ4v) is 2.06. The summed E-state index contributed by atoms with van der Waals surface area (Å²) in [7, 11) is 0. The summed E-state index contributed by atoms with van der Waals surface area (Å²) in [5, 5.41) is 19.1. The van der Waals surface area contributed by atoms with Crippen molar-refractivity contribution in [3.63, 3.8) is 0 Å². The molecule has 1 heterocycles. The molecule has 0 unspecified atom stereocenters. The fourth-order valence-electron chi connectivity index (χ4n) is 2.06. The van der Waals surface area contributed by atoms with Crippen molar-refractivity contribution in [3.05, 3.63) is 47.4 Å². The Kier molecular flexibility index (Phi) is 3.57. The van der Waals surface area contributed by atoms with Crippen LogP contribution in [0.2, 0.25) is 0 Å². The molecule has 0 aliphatic rings. The van der Waals surface area contributed by atoms with Crippen LogP contribution >= 0.6 is 0 Å². The molecule has 4 N–H and O–H groups in total. The van der Waals surface area contributed by atoms with Gasteiger partial charge in [-0.25, -0.2) is 4.98 Å². The highest BCUT2D eigenvalue weighted by Crippen LogP contribution is 2.40. The number of benzene rings is 1. The third kappa shape index (κ3) is 2.95. The maximum atomic E-state index is 13.2. The summed E-state index contributed by atoms with van der Waals surface area (Å²) in [4.78, 5) is 19.1. The Morgan fingerprint density at radius 1 is 1.33 bits per heavy atom. The average molecular weight is 344 g/mol. The van der Waals surface area contributed by atoms with Crippen LogP contribution in [-0.4, -0.2) is 38.9 Å². The lowest BCUT2D eigenvalue weighted by Gasteiger charge is -2.29. The summed E-state index contributed by atoms with van der Waals surface area (Å²) in [6.07, 6.45) is -3.06. The normalized spacial score (nSPS) is 16.6. The molecule has 1 aromatic heterocycles. The number of aliphatic hydroxyl groups is 2. The summed E-state index contributed by atoms with van der Waals surface area (Å²) in [5.41, 5.74) is -0.952. The zero-order chi connectivity index (χ0) is 20.6. The van der Waals surface area contributed by atoms with Crippen LogP contribution in [0.15, 0.2) is 30.6 Å². The highest BCUT2D eigenvalue weighted by Gasteiger charge is 2.54. The second-order valence-electron chi connectivity index (χ2n) is 4.89. The summed E-state index contributed by atoms with van der Waals surface area (Å²) >= 11 is 0. The first kappa shape index (κ1) is 13.9. The lowest BCUT2D eigenvalue weighted by Crippen LogP contribution is -2.45. The van der Waals surface area contributed by atoms with Crippen LogP contribution in [0.25, 0.3) is 11.3 Å². The summed E-state index contributed by atoms with van der Waals surface area (Å²) in [6, 6.07) is 2.26. The van der Waals surface area contributed by atoms with Gasteiger partial charge < -0.3 is 15.9 Å². The molecule has 1 aromatic carbocycles. The van der Waals surface area contributed by atoms with Crippen LogP contribution in [0.5, 0.6) is 0 Å². The van der Waals surface area contributed by atoms with Crippen molar-refractivity contribution < 1.29 is 32.3 Å². The number of primary amides is 1. The Bertz CT molecular complexity index is 875. The second kappa shape index (κ2) is 6.17. The first-order valence-corrected chi connectivity index (χ1v) is 6.49. The van der Waals surface area contributed by atoms with Gasteiger partial charge in [-0.1, -0.05) is 12.1 Å². The highest BCUT2D eigenvalue weighted by molar-refractivity contribution is 5.97. The van der Waals surface area contributed by atoms with E-state index in [1.54, 1.807) is 0 Å². The summed E-state index contributed by atoms with van der Waals surface area (Å²) in [6.45, 7) is -4.48. The number of rotatable bonds is 4. The van der Waals surface area contributed by atoms with E-state index in [0.717, 1.165) is 24.5 Å². The number of carbonyl (C=O) groups excluding carboxylic acids is 1. The minimum atomic E-state index is -5.25. The van der Waals surface area contributed by atoms with Crippen molar-refractivity contribution in [2.75, 3.05) is 6.61 Å². The van der Waals surface area contributed by atoms with Gasteiger partial charge in [0.15, 0.2) is 5.69 Å². The Morgan fingerprint density at radius 3 is 2.54 bits per heavy atom. The summed E-state index contributed by atoms with van der Waals surface area (Å²) < 4.78 is 62.4. The molecular formula is C15H14F3N3O3. The molecule has 0 aliphatic carbocycles. The fraction of sp³-hybridized carbons (Fsp3) is 0.267. The van der Waals surface area contributed by atoms with E-state index in [1.165, 1.54) is 0 Å². The smallest absolute Gasteiger partial charge is 0.393 e. The predicted molar refractivity (Wildman–Crippen MR) is 77.8 cm³/mol. The maximum absolute atomic E-state index is 13.2. The molecule has 1 atom stereocenters. The van der Waals surface area contributed by atoms with Crippen LogP contribution < -0.4 is 5.73 Å². The molecular weight excluding hydrogens is 327 g/mol. The predicted octanol–water partition coefficient (Wildman–Crippen LogP) is 1.29. The van der Waals surface area contributed by atoms with Crippen LogP contribution in [0.3, 0.4) is 0 Å². The zero-order valence-corrected chi connectivity index (χ0v) is 12.0. The number of halogens is 3. The van der Waals surface area contributed by atoms with E-state index in [-0.39, 0.29) is 5.69 Å². The number of aliphatic hydroxyl groups excluding tert-OH is 1. The SMILES string of the molecule is [2H]C([2H])([2H])c1ccc([C@](O)(CO)C(F)(F)F)cc1-c1nccnc1C(N)=O. The number of aryl methyl sites for hydroxylation is 1. The third-order valence-electron chi connectivity index (χ3n) is 3.38. The van der Waals surface area contributed by atoms with Crippen molar-refractivity contribution in [3.8, 4) is 11.3 Å². The molecule has 0 fully saturated rings. The zero-order valence-electron chi connectivity index (χ0n) is 15.0. The molecule has 24 heavy (non-hydrogen) atoms. The average Bonchev–Trinajstić information content (AvgIpc) is 2.58. The van der Waals surface area contributed by atoms with Crippen molar-refractivity contribution in [2.24, 2.45) is 5.73 Å². The van der Waals surface area contributed by atoms with Gasteiger partial charge in [0.2, 0.25) is 5.60 Å². The largest absolute Gasteiger partial charge is 0.423 e. The van der Waals surface area contributed by atoms with Crippen LogP contribution in [-0.2, 0) is 5.60 Å². The Balaban J connectivity index is 2.85. The first-order chi connectivity index (χ1) is 12.3. The highest BCUT2D eigenvalue weighted by atomic mass is 19.4. The van der Waals surface area contributed by atoms with Gasteiger partial charge in [-0.3, -0.25) is 9.78 Å². The molecule has 0 spiro atoms. The number of amides is 1. The Hall–Kier alpha value is -2.52. The van der Waals surface area contributed by atoms with Gasteiger partial charge in [-0.15, -0.1) is 0 Å². The number of alkyl halides is 3. The molecule has 0 saturated carbocycles. The topological polar surface area (TPSA) is 109 Å². The minimum Gasteiger partial charge on any atom is -0.393 e. The molecule has 0 saturated heterocycles. The molecule has 1 amide bonds. The van der Waals surface area contributed by atoms with Gasteiger partial charge >= 0.3 is 6.18 Å². The van der Waals surface area contributed by atoms with Gasteiger partial charge in [0.25, 0.3) is 5.91 Å². The molecule has 9 heteroatoms. The molecule has 6 nitrogen and oxygen atoms in total. The maximum Gasteiger partial charge on any atom is 0.423 e. The van der Waals surface area contributed by atoms with E-state index in [4.69, 9.17) is 15.0 Å². The van der Waals surface area contributed by atoms with Gasteiger partial charge in [-0.05, 0) is 24.0 Å². The Labute approximate surface area is 139 Å². The van der Waals surface area contributed by atoms with Gasteiger partial charge in [0.1, 0.15) is 5.69 Å². The van der Waals surface area contributed by atoms with E-state index < -0.39 is 53.5 Å². The van der Waals surface area contributed by atoms with Crippen molar-refractivity contribution in [2.45, 2.75) is 18.6 Å². The van der Waals surface area contributed by atoms with Crippen molar-refractivity contribution >= 4 is 5.91 Å². The third-order valence-corrected chi connectivity index (χ3v) is 3.38. The van der Waals surface area contributed by atoms with Gasteiger partial charge in [-0.2, -0.15) is 13.2 Å². The molecule has 0 aliphatic heterocycles. The lowest BCUT2D eigenvalue weighted by atomic mass is 9.90. The minimum absolute atomic E-state index is 0.361. The monoisotopic (exact) mass is 344 g/mol. The lowest BCUT2D eigenvalue weighted by molar-refractivity contribution is -0.277. The van der Waals surface area contributed by atoms with Crippen molar-refractivity contribution in [1.29, 1.82) is 0 Å².